The molecule has 2 aromatic rings. The third kappa shape index (κ3) is 4.76. The number of nitro benzene ring substituents is 1. The summed E-state index contributed by atoms with van der Waals surface area (Å²) in [6.45, 7) is 1.12. The van der Waals surface area contributed by atoms with E-state index in [-0.39, 0.29) is 37.1 Å². The molecule has 0 fully saturated rings. The number of benzene rings is 2. The number of nitro groups is 1. The number of carbonyl (C=O) groups is 2. The number of anilines is 2. The predicted octanol–water partition coefficient (Wildman–Crippen LogP) is 1.94. The van der Waals surface area contributed by atoms with E-state index in [4.69, 9.17) is 4.74 Å². The zero-order valence-electron chi connectivity index (χ0n) is 15.1. The molecule has 0 bridgehead atoms. The van der Waals surface area contributed by atoms with E-state index in [0.717, 1.165) is 5.69 Å². The Hall–Kier alpha value is -3.62. The lowest BCUT2D eigenvalue weighted by Crippen LogP contribution is -2.41. The molecule has 0 radical (unpaired) electrons. The van der Waals surface area contributed by atoms with E-state index in [0.29, 0.717) is 24.5 Å². The molecule has 0 aliphatic carbocycles. The highest BCUT2D eigenvalue weighted by atomic mass is 16.6. The average Bonchev–Trinajstić information content (AvgIpc) is 2.71. The maximum atomic E-state index is 12.1. The normalized spacial score (nSPS) is 12.7. The van der Waals surface area contributed by atoms with Crippen LogP contribution in [0.1, 0.15) is 6.42 Å². The van der Waals surface area contributed by atoms with E-state index >= 15 is 0 Å². The van der Waals surface area contributed by atoms with Crippen LogP contribution in [0.15, 0.2) is 48.5 Å². The van der Waals surface area contributed by atoms with Gasteiger partial charge in [-0.15, -0.1) is 0 Å². The van der Waals surface area contributed by atoms with Crippen LogP contribution in [-0.2, 0) is 9.59 Å². The van der Waals surface area contributed by atoms with Gasteiger partial charge in [0, 0.05) is 43.9 Å². The number of non-ortho nitro benzene ring substituents is 1. The van der Waals surface area contributed by atoms with Gasteiger partial charge in [-0.25, -0.2) is 0 Å². The predicted molar refractivity (Wildman–Crippen MR) is 104 cm³/mol. The van der Waals surface area contributed by atoms with Crippen LogP contribution in [-0.4, -0.2) is 43.0 Å². The number of carbonyl (C=O) groups excluding carboxylic acids is 2. The molecule has 28 heavy (non-hydrogen) atoms. The van der Waals surface area contributed by atoms with E-state index in [2.05, 4.69) is 10.6 Å². The van der Waals surface area contributed by atoms with Crippen LogP contribution in [0.3, 0.4) is 0 Å². The van der Waals surface area contributed by atoms with Gasteiger partial charge < -0.3 is 20.3 Å². The highest BCUT2D eigenvalue weighted by Gasteiger charge is 2.25. The van der Waals surface area contributed by atoms with Gasteiger partial charge in [0.25, 0.3) is 11.6 Å². The molecular weight excluding hydrogens is 364 g/mol. The van der Waals surface area contributed by atoms with Gasteiger partial charge in [0.2, 0.25) is 5.91 Å². The van der Waals surface area contributed by atoms with Crippen LogP contribution in [0.5, 0.6) is 5.75 Å². The second-order valence-electron chi connectivity index (χ2n) is 6.13. The van der Waals surface area contributed by atoms with Gasteiger partial charge in [-0.1, -0.05) is 12.1 Å². The lowest BCUT2D eigenvalue weighted by molar-refractivity contribution is -0.384. The second kappa shape index (κ2) is 8.85. The van der Waals surface area contributed by atoms with Gasteiger partial charge in [0.1, 0.15) is 5.75 Å². The van der Waals surface area contributed by atoms with E-state index in [1.165, 1.54) is 12.1 Å². The third-order valence-corrected chi connectivity index (χ3v) is 4.23. The Kier molecular flexibility index (Phi) is 6.05. The highest BCUT2D eigenvalue weighted by Crippen LogP contribution is 2.31. The number of rotatable bonds is 8. The molecule has 1 heterocycles. The summed E-state index contributed by atoms with van der Waals surface area (Å²) in [5.41, 5.74) is 1.43. The topological polar surface area (TPSA) is 114 Å². The number of nitrogens with zero attached hydrogens (tertiary/aromatic N) is 2. The Morgan fingerprint density at radius 3 is 2.64 bits per heavy atom. The van der Waals surface area contributed by atoms with Gasteiger partial charge in [-0.05, 0) is 24.3 Å². The van der Waals surface area contributed by atoms with Crippen molar-refractivity contribution in [2.75, 3.05) is 36.5 Å². The first kappa shape index (κ1) is 19.2. The van der Waals surface area contributed by atoms with Crippen molar-refractivity contribution in [2.45, 2.75) is 6.42 Å². The molecule has 2 amide bonds. The largest absolute Gasteiger partial charge is 0.482 e. The lowest BCUT2D eigenvalue weighted by Gasteiger charge is -2.29. The summed E-state index contributed by atoms with van der Waals surface area (Å²) in [6.07, 6.45) is 0.178. The van der Waals surface area contributed by atoms with E-state index in [9.17, 15) is 19.7 Å². The fourth-order valence-electron chi connectivity index (χ4n) is 2.81. The zero-order valence-corrected chi connectivity index (χ0v) is 15.1. The Morgan fingerprint density at radius 2 is 1.89 bits per heavy atom. The molecule has 9 heteroatoms. The molecule has 0 atom stereocenters. The number of fused-ring (bicyclic) bond motifs is 1. The summed E-state index contributed by atoms with van der Waals surface area (Å²) in [5, 5.41) is 16.5. The summed E-state index contributed by atoms with van der Waals surface area (Å²) in [6, 6.07) is 13.3. The summed E-state index contributed by atoms with van der Waals surface area (Å²) >= 11 is 0. The SMILES string of the molecule is O=C(CCN1C(=O)COc2ccccc21)NCCNc1ccc([N+](=O)[O-])cc1. The van der Waals surface area contributed by atoms with Gasteiger partial charge in [-0.2, -0.15) is 0 Å². The van der Waals surface area contributed by atoms with Gasteiger partial charge in [0.15, 0.2) is 6.61 Å². The molecule has 2 aromatic carbocycles. The van der Waals surface area contributed by atoms with Crippen LogP contribution in [0.4, 0.5) is 17.1 Å². The smallest absolute Gasteiger partial charge is 0.269 e. The minimum absolute atomic E-state index is 0.0260. The van der Waals surface area contributed by atoms with Crippen LogP contribution >= 0.6 is 0 Å². The highest BCUT2D eigenvalue weighted by molar-refractivity contribution is 5.98. The number of hydrogen-bond donors (Lipinski definition) is 2. The van der Waals surface area contributed by atoms with Gasteiger partial charge >= 0.3 is 0 Å². The monoisotopic (exact) mass is 384 g/mol. The number of nitrogens with one attached hydrogen (secondary N) is 2. The minimum Gasteiger partial charge on any atom is -0.482 e. The maximum Gasteiger partial charge on any atom is 0.269 e. The Morgan fingerprint density at radius 1 is 1.14 bits per heavy atom. The van der Waals surface area contributed by atoms with Crippen LogP contribution in [0.25, 0.3) is 0 Å². The fraction of sp³-hybridized carbons (Fsp3) is 0.263. The molecule has 1 aliphatic heterocycles. The van der Waals surface area contributed by atoms with Gasteiger partial charge in [-0.3, -0.25) is 19.7 Å². The third-order valence-electron chi connectivity index (χ3n) is 4.23. The van der Waals surface area contributed by atoms with E-state index in [1.54, 1.807) is 29.2 Å². The standard InChI is InChI=1S/C19H20N4O5/c24-18(21-11-10-20-14-5-7-15(8-6-14)23(26)27)9-12-22-16-3-1-2-4-17(16)28-13-19(22)25/h1-8,20H,9-13H2,(H,21,24). The zero-order chi connectivity index (χ0) is 19.9. The summed E-state index contributed by atoms with van der Waals surface area (Å²) in [7, 11) is 0. The Bertz CT molecular complexity index is 869. The molecule has 1 aliphatic rings. The number of ether oxygens (including phenoxy) is 1. The molecule has 0 aromatic heterocycles. The summed E-state index contributed by atoms with van der Waals surface area (Å²) < 4.78 is 5.38. The van der Waals surface area contributed by atoms with Crippen LogP contribution < -0.4 is 20.3 Å². The number of para-hydroxylation sites is 2. The lowest BCUT2D eigenvalue weighted by atomic mass is 10.2. The summed E-state index contributed by atoms with van der Waals surface area (Å²) in [5.74, 6) is 0.295. The molecule has 3 rings (SSSR count). The molecule has 9 nitrogen and oxygen atoms in total. The van der Waals surface area contributed by atoms with Gasteiger partial charge in [0.05, 0.1) is 10.6 Å². The number of hydrogen-bond acceptors (Lipinski definition) is 6. The van der Waals surface area contributed by atoms with Crippen molar-refractivity contribution < 1.29 is 19.2 Å². The van der Waals surface area contributed by atoms with Crippen LogP contribution in [0, 0.1) is 10.1 Å². The molecule has 0 saturated carbocycles. The Labute approximate surface area is 161 Å². The average molecular weight is 384 g/mol. The molecule has 0 saturated heterocycles. The molecule has 0 spiro atoms. The fourth-order valence-corrected chi connectivity index (χ4v) is 2.81. The van der Waals surface area contributed by atoms with Crippen molar-refractivity contribution in [3.05, 3.63) is 58.6 Å². The van der Waals surface area contributed by atoms with Crippen molar-refractivity contribution in [1.82, 2.24) is 5.32 Å². The van der Waals surface area contributed by atoms with Crippen LogP contribution in [0.2, 0.25) is 0 Å². The van der Waals surface area contributed by atoms with Crippen molar-refractivity contribution >= 4 is 28.9 Å². The van der Waals surface area contributed by atoms with Crippen molar-refractivity contribution in [1.29, 1.82) is 0 Å². The molecular formula is C19H20N4O5. The molecule has 146 valence electrons. The van der Waals surface area contributed by atoms with Crippen molar-refractivity contribution in [3.8, 4) is 5.75 Å². The Balaban J connectivity index is 1.40. The second-order valence-corrected chi connectivity index (χ2v) is 6.13. The van der Waals surface area contributed by atoms with E-state index in [1.807, 2.05) is 12.1 Å². The van der Waals surface area contributed by atoms with Crippen molar-refractivity contribution in [2.24, 2.45) is 0 Å². The molecule has 2 N–H and O–H groups in total. The minimum atomic E-state index is -0.457. The molecule has 0 unspecified atom stereocenters. The first-order valence-corrected chi connectivity index (χ1v) is 8.82. The quantitative estimate of drug-likeness (QED) is 0.408. The first-order valence-electron chi connectivity index (χ1n) is 8.82. The summed E-state index contributed by atoms with van der Waals surface area (Å²) in [4.78, 5) is 35.8. The van der Waals surface area contributed by atoms with Crippen molar-refractivity contribution in [3.63, 3.8) is 0 Å². The first-order chi connectivity index (χ1) is 13.5. The maximum absolute atomic E-state index is 12.1. The number of amides is 2. The van der Waals surface area contributed by atoms with E-state index < -0.39 is 4.92 Å².